The number of hydrogen-bond donors (Lipinski definition) is 0. The molecule has 0 saturated carbocycles. The first-order valence-corrected chi connectivity index (χ1v) is 11.9. The molecule has 3 heterocycles. The van der Waals surface area contributed by atoms with Gasteiger partial charge in [-0.2, -0.15) is 0 Å². The van der Waals surface area contributed by atoms with E-state index >= 15 is 0 Å². The number of unbranched alkanes of at least 4 members (excludes halogenated alkanes) is 1. The maximum atomic E-state index is 14.1. The number of ether oxygens (including phenoxy) is 4. The number of carbonyl (C=O) groups excluding carboxylic acids is 2. The van der Waals surface area contributed by atoms with Gasteiger partial charge in [-0.15, -0.1) is 0 Å². The largest absolute Gasteiger partial charge is 0.478 e. The smallest absolute Gasteiger partial charge is 0.334 e. The van der Waals surface area contributed by atoms with Crippen LogP contribution in [-0.2, 0) is 41.4 Å². The fourth-order valence-corrected chi connectivity index (χ4v) is 5.11. The first-order chi connectivity index (χ1) is 16.0. The predicted molar refractivity (Wildman–Crippen MR) is 118 cm³/mol. The lowest BCUT2D eigenvalue weighted by Crippen LogP contribution is -2.35. The minimum atomic E-state index is -0.638. The second-order valence-electron chi connectivity index (χ2n) is 8.99. The van der Waals surface area contributed by atoms with Gasteiger partial charge in [-0.05, 0) is 55.4 Å². The van der Waals surface area contributed by atoms with E-state index in [4.69, 9.17) is 18.9 Å². The van der Waals surface area contributed by atoms with Crippen LogP contribution in [0, 0.1) is 17.7 Å². The third-order valence-electron chi connectivity index (χ3n) is 6.85. The Balaban J connectivity index is 1.49. The molecule has 1 aromatic carbocycles. The Hall–Kier alpha value is -2.48. The quantitative estimate of drug-likeness (QED) is 0.392. The van der Waals surface area contributed by atoms with E-state index in [1.165, 1.54) is 13.2 Å². The van der Waals surface area contributed by atoms with Crippen molar-refractivity contribution in [1.29, 1.82) is 0 Å². The van der Waals surface area contributed by atoms with Crippen molar-refractivity contribution in [3.63, 3.8) is 0 Å². The first kappa shape index (κ1) is 23.7. The molecule has 5 unspecified atom stereocenters. The molecule has 0 amide bonds. The van der Waals surface area contributed by atoms with Crippen molar-refractivity contribution in [2.24, 2.45) is 16.8 Å². The molecule has 4 rings (SSSR count). The van der Waals surface area contributed by atoms with Gasteiger partial charge in [-0.3, -0.25) is 4.79 Å². The van der Waals surface area contributed by atoms with Crippen LogP contribution in [0.25, 0.3) is 0 Å². The van der Waals surface area contributed by atoms with Crippen LogP contribution >= 0.6 is 0 Å². The molecule has 3 aliphatic heterocycles. The van der Waals surface area contributed by atoms with E-state index in [0.29, 0.717) is 25.3 Å². The number of benzene rings is 1. The van der Waals surface area contributed by atoms with Crippen molar-refractivity contribution in [2.45, 2.75) is 70.1 Å². The standard InChI is InChI=1S/C25H32FNO6/c1-3-4-11-31-25(29)19-14-32-24(27-19)23-18(20-8-9-21(23)33-20)13-16-12-17(26)7-5-15(16)6-10-22(28)30-2/h5,7,12,18-21,23H,3-4,6,8-11,13-14H2,1-2H3. The summed E-state index contributed by atoms with van der Waals surface area (Å²) >= 11 is 0. The maximum Gasteiger partial charge on any atom is 0.334 e. The van der Waals surface area contributed by atoms with E-state index in [9.17, 15) is 14.0 Å². The molecule has 0 spiro atoms. The molecule has 1 aromatic rings. The summed E-state index contributed by atoms with van der Waals surface area (Å²) in [5.74, 6) is -0.412. The van der Waals surface area contributed by atoms with E-state index in [-0.39, 0.29) is 54.8 Å². The first-order valence-electron chi connectivity index (χ1n) is 11.9. The molecule has 8 heteroatoms. The molecule has 180 valence electrons. The number of rotatable bonds is 10. The number of methoxy groups -OCH3 is 1. The van der Waals surface area contributed by atoms with Crippen molar-refractivity contribution in [1.82, 2.24) is 0 Å². The zero-order chi connectivity index (χ0) is 23.4. The molecule has 0 N–H and O–H groups in total. The van der Waals surface area contributed by atoms with Crippen LogP contribution in [0.5, 0.6) is 0 Å². The number of nitrogens with zero attached hydrogens (tertiary/aromatic N) is 1. The normalized spacial score (nSPS) is 27.8. The minimum absolute atomic E-state index is 0.0132. The number of aryl methyl sites for hydroxylation is 1. The second-order valence-corrected chi connectivity index (χ2v) is 8.99. The summed E-state index contributed by atoms with van der Waals surface area (Å²) in [5.41, 5.74) is 1.79. The van der Waals surface area contributed by atoms with Crippen LogP contribution in [0.1, 0.15) is 50.2 Å². The van der Waals surface area contributed by atoms with E-state index in [1.807, 2.05) is 6.92 Å². The third-order valence-corrected chi connectivity index (χ3v) is 6.85. The van der Waals surface area contributed by atoms with Gasteiger partial charge in [0.2, 0.25) is 0 Å². The summed E-state index contributed by atoms with van der Waals surface area (Å²) in [7, 11) is 1.36. The van der Waals surface area contributed by atoms with Crippen LogP contribution in [0.4, 0.5) is 4.39 Å². The van der Waals surface area contributed by atoms with Crippen LogP contribution in [0.15, 0.2) is 23.2 Å². The minimum Gasteiger partial charge on any atom is -0.478 e. The molecule has 2 saturated heterocycles. The van der Waals surface area contributed by atoms with Gasteiger partial charge in [0, 0.05) is 12.3 Å². The summed E-state index contributed by atoms with van der Waals surface area (Å²) in [6.07, 6.45) is 4.97. The second kappa shape index (κ2) is 10.6. The number of carbonyl (C=O) groups is 2. The molecule has 2 bridgehead atoms. The van der Waals surface area contributed by atoms with Crippen molar-refractivity contribution in [2.75, 3.05) is 20.3 Å². The molecule has 2 fully saturated rings. The van der Waals surface area contributed by atoms with Crippen LogP contribution in [0.3, 0.4) is 0 Å². The topological polar surface area (TPSA) is 83.4 Å². The molecule has 7 nitrogen and oxygen atoms in total. The number of esters is 2. The monoisotopic (exact) mass is 461 g/mol. The SMILES string of the molecule is CCCCOC(=O)C1COC(C2C3CCC(O3)C2Cc2cc(F)ccc2CCC(=O)OC)=N1. The molecular weight excluding hydrogens is 429 g/mol. The average molecular weight is 462 g/mol. The van der Waals surface area contributed by atoms with E-state index in [0.717, 1.165) is 36.8 Å². The Morgan fingerprint density at radius 3 is 2.82 bits per heavy atom. The van der Waals surface area contributed by atoms with Crippen molar-refractivity contribution in [3.05, 3.63) is 35.1 Å². The Morgan fingerprint density at radius 2 is 2.03 bits per heavy atom. The highest BCUT2D eigenvalue weighted by Gasteiger charge is 2.53. The Labute approximate surface area is 193 Å². The molecule has 0 aromatic heterocycles. The molecule has 5 atom stereocenters. The summed E-state index contributed by atoms with van der Waals surface area (Å²) in [4.78, 5) is 28.5. The maximum absolute atomic E-state index is 14.1. The average Bonchev–Trinajstić information content (AvgIpc) is 3.55. The number of aliphatic imine (C=N–C) groups is 1. The fourth-order valence-electron chi connectivity index (χ4n) is 5.11. The fraction of sp³-hybridized carbons (Fsp3) is 0.640. The zero-order valence-corrected chi connectivity index (χ0v) is 19.3. The van der Waals surface area contributed by atoms with E-state index in [1.54, 1.807) is 12.1 Å². The zero-order valence-electron chi connectivity index (χ0n) is 19.3. The van der Waals surface area contributed by atoms with Gasteiger partial charge < -0.3 is 18.9 Å². The highest BCUT2D eigenvalue weighted by molar-refractivity contribution is 5.87. The molecule has 3 aliphatic rings. The predicted octanol–water partition coefficient (Wildman–Crippen LogP) is 3.41. The Bertz CT molecular complexity index is 903. The van der Waals surface area contributed by atoms with Crippen LogP contribution in [0.2, 0.25) is 0 Å². The lowest BCUT2D eigenvalue weighted by Gasteiger charge is -2.28. The lowest BCUT2D eigenvalue weighted by molar-refractivity contribution is -0.145. The van der Waals surface area contributed by atoms with Crippen LogP contribution in [-0.4, -0.2) is 56.4 Å². The van der Waals surface area contributed by atoms with E-state index < -0.39 is 6.04 Å². The molecule has 0 aliphatic carbocycles. The van der Waals surface area contributed by atoms with Gasteiger partial charge in [0.1, 0.15) is 12.4 Å². The number of halogens is 1. The number of hydrogen-bond acceptors (Lipinski definition) is 7. The Morgan fingerprint density at radius 1 is 1.21 bits per heavy atom. The molecule has 0 radical (unpaired) electrons. The lowest BCUT2D eigenvalue weighted by atomic mass is 9.75. The van der Waals surface area contributed by atoms with Gasteiger partial charge in [0.05, 0.1) is 31.8 Å². The Kier molecular flexibility index (Phi) is 7.63. The van der Waals surface area contributed by atoms with E-state index in [2.05, 4.69) is 4.99 Å². The summed E-state index contributed by atoms with van der Waals surface area (Å²) in [5, 5.41) is 0. The highest BCUT2D eigenvalue weighted by Crippen LogP contribution is 2.46. The van der Waals surface area contributed by atoms with Crippen LogP contribution < -0.4 is 0 Å². The van der Waals surface area contributed by atoms with Gasteiger partial charge in [-0.1, -0.05) is 19.4 Å². The van der Waals surface area contributed by atoms with Gasteiger partial charge in [0.25, 0.3) is 0 Å². The van der Waals surface area contributed by atoms with Gasteiger partial charge in [-0.25, -0.2) is 14.2 Å². The van der Waals surface area contributed by atoms with Gasteiger partial charge >= 0.3 is 11.9 Å². The molecule has 33 heavy (non-hydrogen) atoms. The summed E-state index contributed by atoms with van der Waals surface area (Å²) < 4.78 is 36.3. The third kappa shape index (κ3) is 5.37. The van der Waals surface area contributed by atoms with Crippen molar-refractivity contribution >= 4 is 17.8 Å². The van der Waals surface area contributed by atoms with Gasteiger partial charge in [0.15, 0.2) is 11.9 Å². The van der Waals surface area contributed by atoms with Crippen molar-refractivity contribution in [3.8, 4) is 0 Å². The van der Waals surface area contributed by atoms with Crippen molar-refractivity contribution < 1.29 is 32.9 Å². The number of fused-ring (bicyclic) bond motifs is 2. The molecular formula is C25H32FNO6. The summed E-state index contributed by atoms with van der Waals surface area (Å²) in [6.45, 7) is 2.62. The highest BCUT2D eigenvalue weighted by atomic mass is 19.1. The summed E-state index contributed by atoms with van der Waals surface area (Å²) in [6, 6.07) is 4.06.